The van der Waals surface area contributed by atoms with E-state index in [1.165, 1.54) is 18.4 Å². The zero-order valence-electron chi connectivity index (χ0n) is 10.9. The average molecular weight is 300 g/mol. The molecule has 0 aliphatic rings. The second-order valence-electron chi connectivity index (χ2n) is 4.27. The van der Waals surface area contributed by atoms with Crippen LogP contribution in [0, 0.1) is 5.92 Å². The first kappa shape index (κ1) is 14.5. The number of nitrogens with one attached hydrogen (secondary N) is 1. The van der Waals surface area contributed by atoms with Crippen LogP contribution in [0.5, 0.6) is 5.75 Å². The van der Waals surface area contributed by atoms with Gasteiger partial charge in [-0.2, -0.15) is 0 Å². The Morgan fingerprint density at radius 3 is 2.59 bits per heavy atom. The Bertz CT molecular complexity index is 337. The lowest BCUT2D eigenvalue weighted by Gasteiger charge is -2.14. The van der Waals surface area contributed by atoms with Crippen LogP contribution >= 0.6 is 15.9 Å². The van der Waals surface area contributed by atoms with Crippen molar-refractivity contribution >= 4 is 15.9 Å². The van der Waals surface area contributed by atoms with Crippen LogP contribution in [0.1, 0.15) is 32.3 Å². The lowest BCUT2D eigenvalue weighted by atomic mass is 10.0. The molecule has 0 saturated heterocycles. The molecular formula is C14H22BrNO. The topological polar surface area (TPSA) is 21.3 Å². The molecule has 3 heteroatoms. The normalized spacial score (nSPS) is 10.9. The third-order valence-corrected chi connectivity index (χ3v) is 3.93. The summed E-state index contributed by atoms with van der Waals surface area (Å²) >= 11 is 3.57. The molecule has 0 amide bonds. The molecule has 0 unspecified atom stereocenters. The first-order chi connectivity index (χ1) is 8.21. The van der Waals surface area contributed by atoms with Crippen LogP contribution < -0.4 is 10.1 Å². The predicted molar refractivity (Wildman–Crippen MR) is 76.5 cm³/mol. The highest BCUT2D eigenvalue weighted by atomic mass is 79.9. The van der Waals surface area contributed by atoms with Gasteiger partial charge in [-0.25, -0.2) is 0 Å². The number of rotatable bonds is 7. The third-order valence-electron chi connectivity index (χ3n) is 3.16. The summed E-state index contributed by atoms with van der Waals surface area (Å²) in [6, 6.07) is 6.07. The van der Waals surface area contributed by atoms with Crippen LogP contribution in [-0.4, -0.2) is 13.7 Å². The van der Waals surface area contributed by atoms with E-state index in [1.54, 1.807) is 7.11 Å². The summed E-state index contributed by atoms with van der Waals surface area (Å²) in [4.78, 5) is 0. The molecular weight excluding hydrogens is 278 g/mol. The highest BCUT2D eigenvalue weighted by molar-refractivity contribution is 9.10. The first-order valence-electron chi connectivity index (χ1n) is 6.24. The summed E-state index contributed by atoms with van der Waals surface area (Å²) in [5.41, 5.74) is 1.25. The van der Waals surface area contributed by atoms with Gasteiger partial charge in [0, 0.05) is 11.0 Å². The number of hydrogen-bond acceptors (Lipinski definition) is 2. The van der Waals surface area contributed by atoms with Crippen LogP contribution in [0.2, 0.25) is 0 Å². The molecule has 0 bridgehead atoms. The smallest absolute Gasteiger partial charge is 0.119 e. The van der Waals surface area contributed by atoms with Crippen LogP contribution in [0.15, 0.2) is 22.7 Å². The van der Waals surface area contributed by atoms with E-state index in [2.05, 4.69) is 41.2 Å². The largest absolute Gasteiger partial charge is 0.497 e. The van der Waals surface area contributed by atoms with Gasteiger partial charge in [0.1, 0.15) is 5.75 Å². The van der Waals surface area contributed by atoms with Crippen molar-refractivity contribution in [3.8, 4) is 5.75 Å². The molecule has 96 valence electrons. The van der Waals surface area contributed by atoms with Crippen molar-refractivity contribution in [1.29, 1.82) is 0 Å². The van der Waals surface area contributed by atoms with Crippen molar-refractivity contribution in [2.24, 2.45) is 5.92 Å². The number of hydrogen-bond donors (Lipinski definition) is 1. The second kappa shape index (κ2) is 7.72. The molecule has 1 N–H and O–H groups in total. The fourth-order valence-electron chi connectivity index (χ4n) is 1.80. The van der Waals surface area contributed by atoms with Crippen molar-refractivity contribution in [3.05, 3.63) is 28.2 Å². The Balaban J connectivity index is 2.50. The maximum absolute atomic E-state index is 5.23. The van der Waals surface area contributed by atoms with Crippen molar-refractivity contribution in [2.45, 2.75) is 33.2 Å². The summed E-state index contributed by atoms with van der Waals surface area (Å²) in [5, 5.41) is 3.51. The van der Waals surface area contributed by atoms with Gasteiger partial charge in [0.25, 0.3) is 0 Å². The molecule has 0 spiro atoms. The van der Waals surface area contributed by atoms with Gasteiger partial charge in [0.2, 0.25) is 0 Å². The van der Waals surface area contributed by atoms with E-state index in [-0.39, 0.29) is 0 Å². The maximum Gasteiger partial charge on any atom is 0.119 e. The molecule has 1 rings (SSSR count). The van der Waals surface area contributed by atoms with Gasteiger partial charge in [0.15, 0.2) is 0 Å². The van der Waals surface area contributed by atoms with Crippen molar-refractivity contribution < 1.29 is 4.74 Å². The summed E-state index contributed by atoms with van der Waals surface area (Å²) < 4.78 is 6.37. The van der Waals surface area contributed by atoms with Gasteiger partial charge in [0.05, 0.1) is 7.11 Å². The zero-order chi connectivity index (χ0) is 12.7. The number of methoxy groups -OCH3 is 1. The summed E-state index contributed by atoms with van der Waals surface area (Å²) in [6.07, 6.45) is 2.48. The second-order valence-corrected chi connectivity index (χ2v) is 5.13. The minimum atomic E-state index is 0.777. The number of ether oxygens (including phenoxy) is 1. The fraction of sp³-hybridized carbons (Fsp3) is 0.571. The highest BCUT2D eigenvalue weighted by Crippen LogP contribution is 2.22. The Hall–Kier alpha value is -0.540. The van der Waals surface area contributed by atoms with E-state index in [4.69, 9.17) is 4.74 Å². The average Bonchev–Trinajstić information content (AvgIpc) is 2.36. The molecule has 0 radical (unpaired) electrons. The lowest BCUT2D eigenvalue weighted by Crippen LogP contribution is -2.21. The van der Waals surface area contributed by atoms with Gasteiger partial charge in [-0.1, -0.05) is 42.6 Å². The Morgan fingerprint density at radius 1 is 1.29 bits per heavy atom. The van der Waals surface area contributed by atoms with Crippen molar-refractivity contribution in [2.75, 3.05) is 13.7 Å². The Labute approximate surface area is 113 Å². The number of halogens is 1. The molecule has 0 aliphatic heterocycles. The standard InChI is InChI=1S/C14H22BrNO/c1-4-11(5-2)9-16-10-12-8-13(17-3)6-7-14(12)15/h6-8,11,16H,4-5,9-10H2,1-3H3. The predicted octanol–water partition coefficient (Wildman–Crippen LogP) is 3.98. The molecule has 0 aromatic heterocycles. The van der Waals surface area contributed by atoms with Gasteiger partial charge < -0.3 is 10.1 Å². The van der Waals surface area contributed by atoms with Crippen LogP contribution in [0.4, 0.5) is 0 Å². The third kappa shape index (κ3) is 4.68. The molecule has 1 aromatic rings. The van der Waals surface area contributed by atoms with Crippen LogP contribution in [0.25, 0.3) is 0 Å². The van der Waals surface area contributed by atoms with Gasteiger partial charge in [-0.15, -0.1) is 0 Å². The van der Waals surface area contributed by atoms with Crippen molar-refractivity contribution in [3.63, 3.8) is 0 Å². The molecule has 0 atom stereocenters. The van der Waals surface area contributed by atoms with E-state index in [0.717, 1.165) is 29.2 Å². The minimum absolute atomic E-state index is 0.777. The quantitative estimate of drug-likeness (QED) is 0.822. The Morgan fingerprint density at radius 2 is 2.00 bits per heavy atom. The molecule has 1 aromatic carbocycles. The number of benzene rings is 1. The summed E-state index contributed by atoms with van der Waals surface area (Å²) in [5.74, 6) is 1.69. The molecule has 0 saturated carbocycles. The molecule has 0 heterocycles. The fourth-order valence-corrected chi connectivity index (χ4v) is 2.19. The van der Waals surface area contributed by atoms with E-state index < -0.39 is 0 Å². The van der Waals surface area contributed by atoms with E-state index >= 15 is 0 Å². The maximum atomic E-state index is 5.23. The molecule has 2 nitrogen and oxygen atoms in total. The SMILES string of the molecule is CCC(CC)CNCc1cc(OC)ccc1Br. The first-order valence-corrected chi connectivity index (χ1v) is 7.03. The van der Waals surface area contributed by atoms with Gasteiger partial charge in [-0.3, -0.25) is 0 Å². The monoisotopic (exact) mass is 299 g/mol. The van der Waals surface area contributed by atoms with E-state index in [9.17, 15) is 0 Å². The lowest BCUT2D eigenvalue weighted by molar-refractivity contribution is 0.413. The van der Waals surface area contributed by atoms with Crippen molar-refractivity contribution in [1.82, 2.24) is 5.32 Å². The van der Waals surface area contributed by atoms with Gasteiger partial charge >= 0.3 is 0 Å². The highest BCUT2D eigenvalue weighted by Gasteiger charge is 2.05. The molecule has 0 aliphatic carbocycles. The summed E-state index contributed by atoms with van der Waals surface area (Å²) in [7, 11) is 1.70. The van der Waals surface area contributed by atoms with E-state index in [1.807, 2.05) is 12.1 Å². The minimum Gasteiger partial charge on any atom is -0.497 e. The van der Waals surface area contributed by atoms with Crippen LogP contribution in [0.3, 0.4) is 0 Å². The summed E-state index contributed by atoms with van der Waals surface area (Å²) in [6.45, 7) is 6.46. The molecule has 0 fully saturated rings. The van der Waals surface area contributed by atoms with E-state index in [0.29, 0.717) is 0 Å². The molecule has 17 heavy (non-hydrogen) atoms. The van der Waals surface area contributed by atoms with Gasteiger partial charge in [-0.05, 0) is 36.2 Å². The Kier molecular flexibility index (Phi) is 6.60. The zero-order valence-corrected chi connectivity index (χ0v) is 12.5. The van der Waals surface area contributed by atoms with Crippen LogP contribution in [-0.2, 0) is 6.54 Å².